The zero-order valence-corrected chi connectivity index (χ0v) is 30.1. The molecule has 11 nitrogen and oxygen atoms in total. The van der Waals surface area contributed by atoms with Gasteiger partial charge in [-0.05, 0) is 30.7 Å². The summed E-state index contributed by atoms with van der Waals surface area (Å²) in [5.41, 5.74) is 1.02. The highest BCUT2D eigenvalue weighted by molar-refractivity contribution is 7.89. The Labute approximate surface area is 287 Å². The minimum absolute atomic E-state index is 0.139. The van der Waals surface area contributed by atoms with E-state index in [-0.39, 0.29) is 12.3 Å². The van der Waals surface area contributed by atoms with E-state index in [0.717, 1.165) is 35.0 Å². The summed E-state index contributed by atoms with van der Waals surface area (Å²) < 4.78 is 30.2. The van der Waals surface area contributed by atoms with Crippen molar-refractivity contribution in [3.05, 3.63) is 48.4 Å². The molecular formula is C36H58N7O4S+. The highest BCUT2D eigenvalue weighted by Crippen LogP contribution is 2.14. The van der Waals surface area contributed by atoms with Crippen molar-refractivity contribution in [3.8, 4) is 0 Å². The molecule has 0 bridgehead atoms. The van der Waals surface area contributed by atoms with Crippen LogP contribution in [0, 0.1) is 6.92 Å². The van der Waals surface area contributed by atoms with Gasteiger partial charge >= 0.3 is 0 Å². The maximum absolute atomic E-state index is 13.1. The van der Waals surface area contributed by atoms with Crippen LogP contribution in [0.15, 0.2) is 42.6 Å². The second kappa shape index (κ2) is 22.4. The average Bonchev–Trinajstić information content (AvgIpc) is 3.51. The third kappa shape index (κ3) is 14.9. The number of benzene rings is 1. The van der Waals surface area contributed by atoms with Crippen molar-refractivity contribution in [2.75, 3.05) is 18.8 Å². The minimum atomic E-state index is -3.74. The molecule has 1 atom stereocenters. The summed E-state index contributed by atoms with van der Waals surface area (Å²) in [6.07, 6.45) is 22.5. The third-order valence-corrected chi connectivity index (χ3v) is 10.2. The first-order valence-corrected chi connectivity index (χ1v) is 19.9. The first-order valence-electron chi connectivity index (χ1n) is 18.2. The molecule has 266 valence electrons. The lowest BCUT2D eigenvalue weighted by atomic mass is 10.0. The molecule has 0 saturated heterocycles. The largest absolute Gasteiger partial charge is 0.349 e. The maximum Gasteiger partial charge on any atom is 0.289 e. The van der Waals surface area contributed by atoms with Gasteiger partial charge in [-0.15, -0.1) is 10.2 Å². The second-order valence-corrected chi connectivity index (χ2v) is 14.8. The predicted octanol–water partition coefficient (Wildman–Crippen LogP) is 5.92. The summed E-state index contributed by atoms with van der Waals surface area (Å²) in [5, 5.41) is 15.5. The molecule has 0 aliphatic carbocycles. The third-order valence-electron chi connectivity index (χ3n) is 8.75. The number of nitrogens with one attached hydrogen (secondary N) is 2. The van der Waals surface area contributed by atoms with E-state index in [1.54, 1.807) is 6.92 Å². The van der Waals surface area contributed by atoms with Gasteiger partial charge in [-0.2, -0.15) is 9.36 Å². The lowest BCUT2D eigenvalue weighted by Crippen LogP contribution is -2.43. The van der Waals surface area contributed by atoms with Crippen molar-refractivity contribution in [1.29, 1.82) is 0 Å². The number of para-hydroxylation sites is 1. The molecule has 3 rings (SSSR count). The van der Waals surface area contributed by atoms with Crippen molar-refractivity contribution in [2.45, 2.75) is 136 Å². The van der Waals surface area contributed by atoms with Gasteiger partial charge in [0.2, 0.25) is 21.3 Å². The van der Waals surface area contributed by atoms with Crippen LogP contribution in [0.5, 0.6) is 0 Å². The van der Waals surface area contributed by atoms with E-state index in [0.29, 0.717) is 25.3 Å². The standard InChI is InChI=1S/C36H57N7O4S/c1-3-4-5-6-7-8-9-10-11-12-13-14-15-16-17-20-26-37-36(45)35(44)34(43-40-31(2)39-41-43)30-38-48(46,47)29-22-28-42-27-21-24-32-23-18-19-25-33(32)42/h18-19,21,23-25,27,34,38H,3-17,20,22,26,28-30H2,1-2H3/p+1. The summed E-state index contributed by atoms with van der Waals surface area (Å²) in [6, 6.07) is 10.6. The number of rotatable bonds is 27. The van der Waals surface area contributed by atoms with Crippen LogP contribution in [-0.4, -0.2) is 59.2 Å². The van der Waals surface area contributed by atoms with Gasteiger partial charge in [0, 0.05) is 37.0 Å². The summed E-state index contributed by atoms with van der Waals surface area (Å²) in [5.74, 6) is -1.41. The highest BCUT2D eigenvalue weighted by atomic mass is 32.2. The number of amides is 1. The molecule has 12 heteroatoms. The molecule has 2 heterocycles. The van der Waals surface area contributed by atoms with Crippen LogP contribution in [0.1, 0.15) is 128 Å². The smallest absolute Gasteiger partial charge is 0.289 e. The van der Waals surface area contributed by atoms with E-state index >= 15 is 0 Å². The van der Waals surface area contributed by atoms with Crippen LogP contribution < -0.4 is 14.6 Å². The lowest BCUT2D eigenvalue weighted by molar-refractivity contribution is -0.671. The van der Waals surface area contributed by atoms with Gasteiger partial charge in [0.05, 0.1) is 5.75 Å². The molecular weight excluding hydrogens is 627 g/mol. The molecule has 1 amide bonds. The molecule has 2 N–H and O–H groups in total. The number of Topliss-reactive ketones (excluding diaryl/α,β-unsaturated/α-hetero) is 1. The normalized spacial score (nSPS) is 12.4. The topological polar surface area (TPSA) is 140 Å². The zero-order valence-electron chi connectivity index (χ0n) is 29.2. The van der Waals surface area contributed by atoms with Crippen molar-refractivity contribution in [3.63, 3.8) is 0 Å². The number of hydrogen-bond donors (Lipinski definition) is 2. The van der Waals surface area contributed by atoms with Crippen LogP contribution in [-0.2, 0) is 26.2 Å². The van der Waals surface area contributed by atoms with E-state index < -0.39 is 27.8 Å². The number of carbonyl (C=O) groups is 2. The van der Waals surface area contributed by atoms with E-state index in [1.165, 1.54) is 83.5 Å². The van der Waals surface area contributed by atoms with Gasteiger partial charge in [0.1, 0.15) is 6.54 Å². The van der Waals surface area contributed by atoms with Gasteiger partial charge in [0.15, 0.2) is 18.1 Å². The number of aromatic nitrogens is 5. The Morgan fingerprint density at radius 3 is 2.00 bits per heavy atom. The molecule has 1 aromatic carbocycles. The SMILES string of the molecule is CCCCCCCCCCCCCCCCCCNC(=O)C(=O)C(CNS(=O)(=O)CCC[n+]1cccc2ccccc21)n1nnc(C)n1. The van der Waals surface area contributed by atoms with Crippen LogP contribution in [0.25, 0.3) is 10.9 Å². The summed E-state index contributed by atoms with van der Waals surface area (Å²) in [4.78, 5) is 26.9. The summed E-state index contributed by atoms with van der Waals surface area (Å²) in [7, 11) is -3.74. The maximum atomic E-state index is 13.1. The molecule has 1 unspecified atom stereocenters. The monoisotopic (exact) mass is 684 g/mol. The number of hydrogen-bond acceptors (Lipinski definition) is 7. The lowest BCUT2D eigenvalue weighted by Gasteiger charge is -2.15. The predicted molar refractivity (Wildman–Crippen MR) is 190 cm³/mol. The molecule has 3 aromatic rings. The molecule has 0 spiro atoms. The zero-order chi connectivity index (χ0) is 34.5. The number of unbranched alkanes of at least 4 members (excludes halogenated alkanes) is 15. The molecule has 2 aromatic heterocycles. The quantitative estimate of drug-likeness (QED) is 0.0577. The fourth-order valence-corrected chi connectivity index (χ4v) is 7.01. The Bertz CT molecular complexity index is 1470. The van der Waals surface area contributed by atoms with Gasteiger partial charge in [-0.1, -0.05) is 115 Å². The minimum Gasteiger partial charge on any atom is -0.349 e. The molecule has 0 aliphatic heterocycles. The van der Waals surface area contributed by atoms with Crippen molar-refractivity contribution in [2.24, 2.45) is 0 Å². The molecule has 0 radical (unpaired) electrons. The van der Waals surface area contributed by atoms with Crippen LogP contribution >= 0.6 is 0 Å². The molecule has 0 aliphatic rings. The number of carbonyl (C=O) groups excluding carboxylic acids is 2. The van der Waals surface area contributed by atoms with Gasteiger partial charge in [-0.25, -0.2) is 13.1 Å². The Kier molecular flexibility index (Phi) is 18.3. The van der Waals surface area contributed by atoms with Crippen molar-refractivity contribution in [1.82, 2.24) is 30.2 Å². The Morgan fingerprint density at radius 1 is 0.812 bits per heavy atom. The van der Waals surface area contributed by atoms with E-state index in [2.05, 4.69) is 32.4 Å². The van der Waals surface area contributed by atoms with Gasteiger partial charge in [-0.3, -0.25) is 9.59 Å². The van der Waals surface area contributed by atoms with Crippen LogP contribution in [0.3, 0.4) is 0 Å². The van der Waals surface area contributed by atoms with E-state index in [4.69, 9.17) is 0 Å². The van der Waals surface area contributed by atoms with E-state index in [9.17, 15) is 18.0 Å². The number of fused-ring (bicyclic) bond motifs is 1. The fourth-order valence-electron chi connectivity index (χ4n) is 5.94. The van der Waals surface area contributed by atoms with E-state index in [1.807, 2.05) is 47.2 Å². The van der Waals surface area contributed by atoms with Crippen LogP contribution in [0.2, 0.25) is 0 Å². The fraction of sp³-hybridized carbons (Fsp3) is 0.667. The van der Waals surface area contributed by atoms with Crippen molar-refractivity contribution < 1.29 is 22.6 Å². The first kappa shape index (κ1) is 39.2. The number of pyridine rings is 1. The number of ketones is 1. The van der Waals surface area contributed by atoms with Gasteiger partial charge < -0.3 is 5.32 Å². The van der Waals surface area contributed by atoms with Gasteiger partial charge in [0.25, 0.3) is 5.91 Å². The average molecular weight is 685 g/mol. The Balaban J connectivity index is 1.31. The Morgan fingerprint density at radius 2 is 1.40 bits per heavy atom. The first-order chi connectivity index (χ1) is 23.3. The Hall–Kier alpha value is -3.25. The number of nitrogens with zero attached hydrogens (tertiary/aromatic N) is 5. The van der Waals surface area contributed by atoms with Crippen molar-refractivity contribution >= 4 is 32.6 Å². The number of tetrazole rings is 1. The molecule has 48 heavy (non-hydrogen) atoms. The molecule has 0 saturated carbocycles. The number of aryl methyl sites for hydroxylation is 2. The highest BCUT2D eigenvalue weighted by Gasteiger charge is 2.30. The summed E-state index contributed by atoms with van der Waals surface area (Å²) >= 11 is 0. The van der Waals surface area contributed by atoms with Crippen LogP contribution in [0.4, 0.5) is 0 Å². The summed E-state index contributed by atoms with van der Waals surface area (Å²) in [6.45, 7) is 4.42. The number of sulfonamides is 1. The second-order valence-electron chi connectivity index (χ2n) is 12.9. The molecule has 0 fully saturated rings.